The van der Waals surface area contributed by atoms with Gasteiger partial charge < -0.3 is 15.7 Å². The zero-order chi connectivity index (χ0) is 22.3. The lowest BCUT2D eigenvalue weighted by Crippen LogP contribution is -2.42. The van der Waals surface area contributed by atoms with Crippen LogP contribution in [-0.4, -0.2) is 38.0 Å². The van der Waals surface area contributed by atoms with Crippen molar-refractivity contribution in [2.24, 2.45) is 5.41 Å². The number of nitrogens with one attached hydrogen (secondary N) is 2. The van der Waals surface area contributed by atoms with E-state index in [1.54, 1.807) is 0 Å². The summed E-state index contributed by atoms with van der Waals surface area (Å²) in [5.41, 5.74) is -1.53. The molecular formula is C19H26ClN3O5S. The van der Waals surface area contributed by atoms with Crippen LogP contribution in [0.5, 0.6) is 5.75 Å². The fourth-order valence-corrected chi connectivity index (χ4v) is 4.44. The molecule has 10 heteroatoms. The highest BCUT2D eigenvalue weighted by Crippen LogP contribution is 2.39. The zero-order valence-electron chi connectivity index (χ0n) is 17.3. The highest BCUT2D eigenvalue weighted by molar-refractivity contribution is 7.89. The van der Waals surface area contributed by atoms with Crippen LogP contribution in [0.1, 0.15) is 34.1 Å². The molecule has 0 aromatic heterocycles. The Morgan fingerprint density at radius 2 is 1.69 bits per heavy atom. The zero-order valence-corrected chi connectivity index (χ0v) is 18.8. The maximum atomic E-state index is 12.5. The van der Waals surface area contributed by atoms with E-state index < -0.39 is 31.5 Å². The summed E-state index contributed by atoms with van der Waals surface area (Å²) in [6, 6.07) is 2.56. The maximum Gasteiger partial charge on any atom is 0.253 e. The van der Waals surface area contributed by atoms with E-state index in [1.165, 1.54) is 26.2 Å². The summed E-state index contributed by atoms with van der Waals surface area (Å²) in [6.45, 7) is 7.99. The van der Waals surface area contributed by atoms with Gasteiger partial charge in [-0.1, -0.05) is 39.3 Å². The average Bonchev–Trinajstić information content (AvgIpc) is 2.60. The SMILES string of the molecule is CCC(Nc1c(Nc2ccc(Cl)c(S(=O)(=O)N(C)C)c2O)c(=O)c1=O)C(C)(C)C. The molecule has 0 heterocycles. The molecule has 1 atom stereocenters. The van der Waals surface area contributed by atoms with Gasteiger partial charge in [0, 0.05) is 20.1 Å². The first kappa shape index (κ1) is 23.2. The molecule has 0 bridgehead atoms. The van der Waals surface area contributed by atoms with Crippen molar-refractivity contribution in [1.82, 2.24) is 4.31 Å². The van der Waals surface area contributed by atoms with E-state index in [0.717, 1.165) is 10.7 Å². The van der Waals surface area contributed by atoms with E-state index in [4.69, 9.17) is 11.6 Å². The van der Waals surface area contributed by atoms with Gasteiger partial charge in [-0.3, -0.25) is 9.59 Å². The quantitative estimate of drug-likeness (QED) is 0.445. The number of hydrogen-bond acceptors (Lipinski definition) is 7. The third-order valence-electron chi connectivity index (χ3n) is 4.76. The number of aromatic hydroxyl groups is 1. The van der Waals surface area contributed by atoms with Crippen molar-refractivity contribution < 1.29 is 13.5 Å². The van der Waals surface area contributed by atoms with E-state index in [-0.39, 0.29) is 33.5 Å². The van der Waals surface area contributed by atoms with Crippen molar-refractivity contribution in [3.8, 4) is 5.75 Å². The molecule has 0 saturated carbocycles. The molecule has 160 valence electrons. The molecule has 1 unspecified atom stereocenters. The van der Waals surface area contributed by atoms with Crippen LogP contribution < -0.4 is 21.5 Å². The molecule has 0 radical (unpaired) electrons. The molecule has 3 N–H and O–H groups in total. The number of nitrogens with zero attached hydrogens (tertiary/aromatic N) is 1. The molecule has 0 aliphatic carbocycles. The van der Waals surface area contributed by atoms with Crippen LogP contribution in [0.15, 0.2) is 26.6 Å². The number of anilines is 3. The minimum atomic E-state index is -4.04. The summed E-state index contributed by atoms with van der Waals surface area (Å²) in [4.78, 5) is 23.7. The van der Waals surface area contributed by atoms with Crippen molar-refractivity contribution in [2.45, 2.75) is 45.1 Å². The van der Waals surface area contributed by atoms with Gasteiger partial charge in [0.05, 0.1) is 10.7 Å². The summed E-state index contributed by atoms with van der Waals surface area (Å²) in [5, 5.41) is 16.2. The first-order valence-electron chi connectivity index (χ1n) is 9.04. The summed E-state index contributed by atoms with van der Waals surface area (Å²) in [5.74, 6) is -0.631. The molecule has 0 aliphatic rings. The predicted octanol–water partition coefficient (Wildman–Crippen LogP) is 2.87. The lowest BCUT2D eigenvalue weighted by Gasteiger charge is -2.32. The summed E-state index contributed by atoms with van der Waals surface area (Å²) >= 11 is 5.99. The van der Waals surface area contributed by atoms with Crippen LogP contribution in [0, 0.1) is 5.41 Å². The van der Waals surface area contributed by atoms with Gasteiger partial charge >= 0.3 is 0 Å². The van der Waals surface area contributed by atoms with E-state index in [9.17, 15) is 23.1 Å². The highest BCUT2D eigenvalue weighted by Gasteiger charge is 2.31. The number of phenols is 1. The van der Waals surface area contributed by atoms with Gasteiger partial charge in [0.2, 0.25) is 10.0 Å². The highest BCUT2D eigenvalue weighted by atomic mass is 35.5. The molecule has 29 heavy (non-hydrogen) atoms. The van der Waals surface area contributed by atoms with Crippen molar-refractivity contribution in [3.63, 3.8) is 0 Å². The molecule has 0 spiro atoms. The van der Waals surface area contributed by atoms with Gasteiger partial charge in [-0.05, 0) is 24.0 Å². The molecule has 0 saturated heterocycles. The second-order valence-corrected chi connectivity index (χ2v) is 10.6. The number of sulfonamides is 1. The van der Waals surface area contributed by atoms with Crippen molar-refractivity contribution >= 4 is 38.7 Å². The van der Waals surface area contributed by atoms with Crippen molar-refractivity contribution in [1.29, 1.82) is 0 Å². The first-order chi connectivity index (χ1) is 13.2. The standard InChI is InChI=1S/C19H26ClN3O5S/c1-7-12(19(2,3)4)22-14-13(16(25)17(14)26)21-11-9-8-10(20)18(15(11)24)29(27,28)23(5)6/h8-9,12,21-22,24H,7H2,1-6H3. The third-order valence-corrected chi connectivity index (χ3v) is 7.08. The van der Waals surface area contributed by atoms with Crippen LogP contribution in [0.2, 0.25) is 5.02 Å². The maximum absolute atomic E-state index is 12.5. The lowest BCUT2D eigenvalue weighted by atomic mass is 9.85. The minimum Gasteiger partial charge on any atom is -0.504 e. The largest absolute Gasteiger partial charge is 0.504 e. The van der Waals surface area contributed by atoms with Crippen LogP contribution in [-0.2, 0) is 10.0 Å². The van der Waals surface area contributed by atoms with Crippen LogP contribution >= 0.6 is 11.6 Å². The van der Waals surface area contributed by atoms with Crippen molar-refractivity contribution in [2.75, 3.05) is 24.7 Å². The molecule has 0 aliphatic heterocycles. The van der Waals surface area contributed by atoms with E-state index in [0.29, 0.717) is 0 Å². The average molecular weight is 444 g/mol. The predicted molar refractivity (Wildman–Crippen MR) is 116 cm³/mol. The third kappa shape index (κ3) is 4.26. The summed E-state index contributed by atoms with van der Waals surface area (Å²) in [7, 11) is -1.42. The van der Waals surface area contributed by atoms with E-state index in [2.05, 4.69) is 10.6 Å². The molecule has 2 aromatic carbocycles. The van der Waals surface area contributed by atoms with Gasteiger partial charge in [0.15, 0.2) is 5.75 Å². The minimum absolute atomic E-state index is 0.0245. The second kappa shape index (κ2) is 7.97. The van der Waals surface area contributed by atoms with Gasteiger partial charge in [-0.2, -0.15) is 0 Å². The van der Waals surface area contributed by atoms with Gasteiger partial charge in [-0.25, -0.2) is 12.7 Å². The first-order valence-corrected chi connectivity index (χ1v) is 10.9. The Balaban J connectivity index is 2.49. The monoisotopic (exact) mass is 443 g/mol. The summed E-state index contributed by atoms with van der Waals surface area (Å²) < 4.78 is 25.9. The summed E-state index contributed by atoms with van der Waals surface area (Å²) in [6.07, 6.45) is 0.721. The van der Waals surface area contributed by atoms with Gasteiger partial charge in [0.25, 0.3) is 10.9 Å². The van der Waals surface area contributed by atoms with Crippen molar-refractivity contribution in [3.05, 3.63) is 37.6 Å². The Labute approximate surface area is 175 Å². The molecule has 0 amide bonds. The second-order valence-electron chi connectivity index (χ2n) is 8.06. The van der Waals surface area contributed by atoms with Gasteiger partial charge in [0.1, 0.15) is 16.3 Å². The Morgan fingerprint density at radius 3 is 2.17 bits per heavy atom. The molecule has 0 fully saturated rings. The molecule has 2 aromatic rings. The smallest absolute Gasteiger partial charge is 0.253 e. The lowest BCUT2D eigenvalue weighted by molar-refractivity contribution is 0.333. The Kier molecular flexibility index (Phi) is 6.37. The number of halogens is 1. The topological polar surface area (TPSA) is 116 Å². The fourth-order valence-electron chi connectivity index (χ4n) is 2.96. The number of rotatable bonds is 7. The molecule has 8 nitrogen and oxygen atoms in total. The Hall–Kier alpha value is -2.10. The van der Waals surface area contributed by atoms with Crippen LogP contribution in [0.3, 0.4) is 0 Å². The van der Waals surface area contributed by atoms with Crippen LogP contribution in [0.4, 0.5) is 17.1 Å². The van der Waals surface area contributed by atoms with Crippen LogP contribution in [0.25, 0.3) is 0 Å². The normalized spacial score (nSPS) is 13.7. The van der Waals surface area contributed by atoms with E-state index >= 15 is 0 Å². The molecular weight excluding hydrogens is 418 g/mol. The fraction of sp³-hybridized carbons (Fsp3) is 0.474. The Morgan fingerprint density at radius 1 is 1.14 bits per heavy atom. The number of phenolic OH excluding ortho intramolecular Hbond substituents is 1. The number of hydrogen-bond donors (Lipinski definition) is 3. The van der Waals surface area contributed by atoms with Gasteiger partial charge in [-0.15, -0.1) is 0 Å². The van der Waals surface area contributed by atoms with E-state index in [1.807, 2.05) is 27.7 Å². The number of benzene rings is 1. The molecule has 2 rings (SSSR count). The Bertz CT molecular complexity index is 1100.